The van der Waals surface area contributed by atoms with Crippen molar-refractivity contribution in [1.82, 2.24) is 10.3 Å². The molecule has 2 fully saturated rings. The van der Waals surface area contributed by atoms with Gasteiger partial charge in [0, 0.05) is 31.6 Å². The van der Waals surface area contributed by atoms with E-state index in [9.17, 15) is 0 Å². The van der Waals surface area contributed by atoms with Crippen molar-refractivity contribution in [3.8, 4) is 0 Å². The fourth-order valence-corrected chi connectivity index (χ4v) is 4.98. The van der Waals surface area contributed by atoms with Crippen LogP contribution in [0.5, 0.6) is 0 Å². The van der Waals surface area contributed by atoms with Crippen LogP contribution >= 0.6 is 11.3 Å². The Bertz CT molecular complexity index is 435. The molecule has 1 aliphatic heterocycles. The van der Waals surface area contributed by atoms with Crippen molar-refractivity contribution in [3.05, 3.63) is 10.6 Å². The number of hydrogen-bond acceptors (Lipinski definition) is 5. The molecular formula is C16H27N3OS. The minimum absolute atomic E-state index is 0.616. The number of ether oxygens (including phenoxy) is 1. The summed E-state index contributed by atoms with van der Waals surface area (Å²) in [4.78, 5) is 8.64. The Balaban J connectivity index is 1.68. The smallest absolute Gasteiger partial charge is 0.185 e. The summed E-state index contributed by atoms with van der Waals surface area (Å²) in [5.74, 6) is 0. The molecule has 2 heterocycles. The molecule has 1 N–H and O–H groups in total. The van der Waals surface area contributed by atoms with Gasteiger partial charge in [0.1, 0.15) is 0 Å². The lowest BCUT2D eigenvalue weighted by atomic mass is 9.77. The van der Waals surface area contributed by atoms with Crippen LogP contribution in [-0.4, -0.2) is 32.2 Å². The second-order valence-corrected chi connectivity index (χ2v) is 7.59. The van der Waals surface area contributed by atoms with Gasteiger partial charge in [-0.3, -0.25) is 0 Å². The van der Waals surface area contributed by atoms with E-state index < -0.39 is 0 Å². The second kappa shape index (κ2) is 6.63. The molecule has 1 aromatic heterocycles. The molecule has 4 nitrogen and oxygen atoms in total. The summed E-state index contributed by atoms with van der Waals surface area (Å²) in [5, 5.41) is 4.43. The van der Waals surface area contributed by atoms with E-state index in [-0.39, 0.29) is 0 Å². The van der Waals surface area contributed by atoms with Crippen molar-refractivity contribution in [3.63, 3.8) is 0 Å². The molecular weight excluding hydrogens is 282 g/mol. The van der Waals surface area contributed by atoms with Crippen LogP contribution in [0.25, 0.3) is 0 Å². The van der Waals surface area contributed by atoms with Gasteiger partial charge in [-0.05, 0) is 38.1 Å². The Morgan fingerprint density at radius 1 is 1.24 bits per heavy atom. The summed E-state index contributed by atoms with van der Waals surface area (Å²) in [5.41, 5.74) is 1.78. The lowest BCUT2D eigenvalue weighted by Gasteiger charge is -2.39. The molecule has 118 valence electrons. The van der Waals surface area contributed by atoms with Crippen molar-refractivity contribution >= 4 is 16.5 Å². The van der Waals surface area contributed by atoms with Gasteiger partial charge in [0.25, 0.3) is 0 Å². The topological polar surface area (TPSA) is 37.4 Å². The van der Waals surface area contributed by atoms with Gasteiger partial charge in [-0.2, -0.15) is 0 Å². The standard InChI is InChI=1S/C16H27N3OS/c1-17-11-14-13(12-20-2)18-15(21-14)19-9-7-16(8-10-19)5-3-4-6-16/h17H,3-12H2,1-2H3. The minimum Gasteiger partial charge on any atom is -0.378 e. The monoisotopic (exact) mass is 309 g/mol. The summed E-state index contributed by atoms with van der Waals surface area (Å²) in [7, 11) is 3.73. The fourth-order valence-electron chi connectivity index (χ4n) is 3.85. The van der Waals surface area contributed by atoms with Crippen molar-refractivity contribution in [2.75, 3.05) is 32.1 Å². The molecule has 3 rings (SSSR count). The molecule has 2 aliphatic rings. The third kappa shape index (κ3) is 3.25. The predicted molar refractivity (Wildman–Crippen MR) is 87.9 cm³/mol. The van der Waals surface area contributed by atoms with Crippen LogP contribution in [0.1, 0.15) is 49.1 Å². The first-order valence-electron chi connectivity index (χ1n) is 8.13. The van der Waals surface area contributed by atoms with E-state index in [4.69, 9.17) is 9.72 Å². The maximum Gasteiger partial charge on any atom is 0.185 e. The number of methoxy groups -OCH3 is 1. The van der Waals surface area contributed by atoms with E-state index in [0.29, 0.717) is 12.0 Å². The Kier molecular flexibility index (Phi) is 4.82. The summed E-state index contributed by atoms with van der Waals surface area (Å²) in [6.45, 7) is 3.86. The van der Waals surface area contributed by atoms with Crippen LogP contribution in [0.15, 0.2) is 0 Å². The largest absolute Gasteiger partial charge is 0.378 e. The zero-order valence-electron chi connectivity index (χ0n) is 13.3. The molecule has 0 amide bonds. The highest BCUT2D eigenvalue weighted by atomic mass is 32.1. The third-order valence-corrected chi connectivity index (χ3v) is 6.30. The molecule has 1 spiro atoms. The number of piperidine rings is 1. The van der Waals surface area contributed by atoms with Gasteiger partial charge in [-0.1, -0.05) is 12.8 Å². The number of nitrogens with zero attached hydrogens (tertiary/aromatic N) is 2. The van der Waals surface area contributed by atoms with Gasteiger partial charge in [0.05, 0.1) is 12.3 Å². The van der Waals surface area contributed by atoms with Crippen LogP contribution < -0.4 is 10.2 Å². The van der Waals surface area contributed by atoms with Crippen LogP contribution in [0.3, 0.4) is 0 Å². The SMILES string of the molecule is CNCc1sc(N2CCC3(CCCC3)CC2)nc1COC. The van der Waals surface area contributed by atoms with E-state index >= 15 is 0 Å². The number of thiazole rings is 1. The first-order chi connectivity index (χ1) is 10.3. The normalized spacial score (nSPS) is 21.3. The Labute approximate surface area is 131 Å². The summed E-state index contributed by atoms with van der Waals surface area (Å²) < 4.78 is 5.29. The van der Waals surface area contributed by atoms with Crippen LogP contribution in [0.2, 0.25) is 0 Å². The van der Waals surface area contributed by atoms with E-state index in [2.05, 4.69) is 10.2 Å². The number of aromatic nitrogens is 1. The van der Waals surface area contributed by atoms with Gasteiger partial charge < -0.3 is 15.0 Å². The maximum absolute atomic E-state index is 5.29. The third-order valence-electron chi connectivity index (χ3n) is 5.14. The molecule has 21 heavy (non-hydrogen) atoms. The lowest BCUT2D eigenvalue weighted by molar-refractivity contribution is 0.181. The average Bonchev–Trinajstić information content (AvgIpc) is 3.09. The van der Waals surface area contributed by atoms with E-state index in [1.807, 2.05) is 18.4 Å². The summed E-state index contributed by atoms with van der Waals surface area (Å²) in [6.07, 6.45) is 8.52. The van der Waals surface area contributed by atoms with Gasteiger partial charge in [-0.15, -0.1) is 11.3 Å². The number of rotatable bonds is 5. The van der Waals surface area contributed by atoms with Crippen molar-refractivity contribution in [1.29, 1.82) is 0 Å². The summed E-state index contributed by atoms with van der Waals surface area (Å²) >= 11 is 1.83. The fraction of sp³-hybridized carbons (Fsp3) is 0.812. The molecule has 0 bridgehead atoms. The van der Waals surface area contributed by atoms with E-state index in [1.165, 1.54) is 61.6 Å². The van der Waals surface area contributed by atoms with E-state index in [1.54, 1.807) is 7.11 Å². The average molecular weight is 309 g/mol. The number of nitrogens with one attached hydrogen (secondary N) is 1. The second-order valence-electron chi connectivity index (χ2n) is 6.52. The van der Waals surface area contributed by atoms with Crippen molar-refractivity contribution < 1.29 is 4.74 Å². The Hall–Kier alpha value is -0.650. The van der Waals surface area contributed by atoms with Gasteiger partial charge in [0.2, 0.25) is 0 Å². The molecule has 0 aromatic carbocycles. The lowest BCUT2D eigenvalue weighted by Crippen LogP contribution is -2.38. The quantitative estimate of drug-likeness (QED) is 0.906. The highest BCUT2D eigenvalue weighted by Gasteiger charge is 2.37. The molecule has 1 aromatic rings. The van der Waals surface area contributed by atoms with Gasteiger partial charge in [-0.25, -0.2) is 4.98 Å². The molecule has 0 atom stereocenters. The predicted octanol–water partition coefficient (Wildman–Crippen LogP) is 3.17. The molecule has 1 saturated heterocycles. The van der Waals surface area contributed by atoms with Crippen LogP contribution in [-0.2, 0) is 17.9 Å². The first kappa shape index (κ1) is 15.3. The molecule has 1 aliphatic carbocycles. The molecule has 0 radical (unpaired) electrons. The maximum atomic E-state index is 5.29. The minimum atomic E-state index is 0.616. The van der Waals surface area contributed by atoms with Crippen LogP contribution in [0.4, 0.5) is 5.13 Å². The van der Waals surface area contributed by atoms with E-state index in [0.717, 1.165) is 12.2 Å². The number of hydrogen-bond donors (Lipinski definition) is 1. The zero-order chi connectivity index (χ0) is 14.7. The first-order valence-corrected chi connectivity index (χ1v) is 8.95. The van der Waals surface area contributed by atoms with Gasteiger partial charge >= 0.3 is 0 Å². The summed E-state index contributed by atoms with van der Waals surface area (Å²) in [6, 6.07) is 0. The van der Waals surface area contributed by atoms with Crippen LogP contribution in [0, 0.1) is 5.41 Å². The molecule has 1 saturated carbocycles. The number of anilines is 1. The zero-order valence-corrected chi connectivity index (χ0v) is 14.1. The van der Waals surface area contributed by atoms with Crippen molar-refractivity contribution in [2.45, 2.75) is 51.7 Å². The van der Waals surface area contributed by atoms with Gasteiger partial charge in [0.15, 0.2) is 5.13 Å². The highest BCUT2D eigenvalue weighted by Crippen LogP contribution is 2.47. The van der Waals surface area contributed by atoms with Crippen molar-refractivity contribution in [2.24, 2.45) is 5.41 Å². The molecule has 5 heteroatoms. The molecule has 0 unspecified atom stereocenters. The Morgan fingerprint density at radius 2 is 1.95 bits per heavy atom. The highest BCUT2D eigenvalue weighted by molar-refractivity contribution is 7.15. The Morgan fingerprint density at radius 3 is 2.57 bits per heavy atom.